The molecular formula is C10H14F4O4. The molecule has 0 aromatic carbocycles. The second kappa shape index (κ2) is 6.55. The zero-order valence-corrected chi connectivity index (χ0v) is 9.72. The molecule has 0 aromatic rings. The van der Waals surface area contributed by atoms with Gasteiger partial charge in [-0.25, -0.2) is 9.59 Å². The lowest BCUT2D eigenvalue weighted by Crippen LogP contribution is -2.53. The van der Waals surface area contributed by atoms with Crippen LogP contribution in [0.25, 0.3) is 0 Å². The van der Waals surface area contributed by atoms with E-state index in [4.69, 9.17) is 5.11 Å². The van der Waals surface area contributed by atoms with Gasteiger partial charge in [-0.3, -0.25) is 0 Å². The lowest BCUT2D eigenvalue weighted by atomic mass is 10.2. The summed E-state index contributed by atoms with van der Waals surface area (Å²) in [4.78, 5) is 20.7. The van der Waals surface area contributed by atoms with Crippen molar-refractivity contribution in [2.24, 2.45) is 0 Å². The zero-order chi connectivity index (χ0) is 14.4. The van der Waals surface area contributed by atoms with Gasteiger partial charge in [0.05, 0.1) is 6.61 Å². The van der Waals surface area contributed by atoms with E-state index in [-0.39, 0.29) is 6.42 Å². The van der Waals surface area contributed by atoms with Crippen molar-refractivity contribution in [3.8, 4) is 0 Å². The highest BCUT2D eigenvalue weighted by atomic mass is 19.3. The topological polar surface area (TPSA) is 63.6 Å². The quantitative estimate of drug-likeness (QED) is 0.419. The molecule has 0 atom stereocenters. The number of aliphatic carboxylic acids is 1. The maximum atomic E-state index is 12.8. The van der Waals surface area contributed by atoms with E-state index in [1.165, 1.54) is 0 Å². The van der Waals surface area contributed by atoms with Crippen molar-refractivity contribution >= 4 is 11.9 Å². The highest BCUT2D eigenvalue weighted by molar-refractivity contribution is 5.89. The third-order valence-electron chi connectivity index (χ3n) is 2.15. The third kappa shape index (κ3) is 3.85. The van der Waals surface area contributed by atoms with Crippen molar-refractivity contribution in [1.29, 1.82) is 0 Å². The molecule has 0 saturated heterocycles. The number of halogens is 4. The van der Waals surface area contributed by atoms with Crippen LogP contribution in [-0.4, -0.2) is 35.5 Å². The van der Waals surface area contributed by atoms with Crippen molar-refractivity contribution in [1.82, 2.24) is 0 Å². The number of rotatable bonds is 8. The average molecular weight is 274 g/mol. The van der Waals surface area contributed by atoms with E-state index >= 15 is 0 Å². The number of carboxylic acids is 1. The van der Waals surface area contributed by atoms with Gasteiger partial charge >= 0.3 is 23.8 Å². The number of hydrogen-bond donors (Lipinski definition) is 1. The second-order valence-corrected chi connectivity index (χ2v) is 3.65. The predicted molar refractivity (Wildman–Crippen MR) is 52.6 cm³/mol. The first kappa shape index (κ1) is 16.7. The summed E-state index contributed by atoms with van der Waals surface area (Å²) in [6.07, 6.45) is 2.51. The molecule has 0 aliphatic heterocycles. The summed E-state index contributed by atoms with van der Waals surface area (Å²) in [6.45, 7) is 1.46. The first-order chi connectivity index (χ1) is 8.17. The number of alkyl halides is 4. The summed E-state index contributed by atoms with van der Waals surface area (Å²) in [5, 5.41) is 7.93. The molecule has 0 fully saturated rings. The Hall–Kier alpha value is -1.34. The van der Waals surface area contributed by atoms with E-state index in [1.54, 1.807) is 0 Å². The fraction of sp³-hybridized carbons (Fsp3) is 0.800. The molecule has 0 aliphatic carbocycles. The lowest BCUT2D eigenvalue weighted by molar-refractivity contribution is -0.234. The molecule has 0 unspecified atom stereocenters. The number of carbonyl (C=O) groups excluding carboxylic acids is 1. The third-order valence-corrected chi connectivity index (χ3v) is 2.15. The number of carboxylic acid groups (broad SMARTS) is 1. The number of unbranched alkanes of at least 4 members (excludes halogenated alkanes) is 3. The van der Waals surface area contributed by atoms with E-state index in [1.807, 2.05) is 6.92 Å². The van der Waals surface area contributed by atoms with Gasteiger partial charge in [-0.15, -0.1) is 0 Å². The van der Waals surface area contributed by atoms with Crippen LogP contribution in [0.5, 0.6) is 0 Å². The molecule has 18 heavy (non-hydrogen) atoms. The van der Waals surface area contributed by atoms with Gasteiger partial charge < -0.3 is 9.84 Å². The number of esters is 1. The fourth-order valence-electron chi connectivity index (χ4n) is 1.05. The van der Waals surface area contributed by atoms with Gasteiger partial charge in [0.25, 0.3) is 0 Å². The summed E-state index contributed by atoms with van der Waals surface area (Å²) in [6, 6.07) is 0. The first-order valence-corrected chi connectivity index (χ1v) is 5.34. The van der Waals surface area contributed by atoms with Crippen LogP contribution in [0.2, 0.25) is 0 Å². The number of hydrogen-bond acceptors (Lipinski definition) is 3. The number of carbonyl (C=O) groups is 2. The van der Waals surface area contributed by atoms with Gasteiger partial charge in [0.1, 0.15) is 0 Å². The van der Waals surface area contributed by atoms with Gasteiger partial charge in [0.2, 0.25) is 0 Å². The Balaban J connectivity index is 4.36. The molecule has 0 aliphatic rings. The highest BCUT2D eigenvalue weighted by Gasteiger charge is 2.68. The van der Waals surface area contributed by atoms with Crippen LogP contribution >= 0.6 is 0 Å². The zero-order valence-electron chi connectivity index (χ0n) is 9.72. The molecule has 0 heterocycles. The Kier molecular flexibility index (Phi) is 6.07. The Morgan fingerprint density at radius 2 is 1.61 bits per heavy atom. The van der Waals surface area contributed by atoms with Crippen LogP contribution in [0.15, 0.2) is 0 Å². The minimum Gasteiger partial charge on any atom is -0.477 e. The monoisotopic (exact) mass is 274 g/mol. The molecule has 106 valence electrons. The minimum atomic E-state index is -5.48. The van der Waals surface area contributed by atoms with Gasteiger partial charge in [0, 0.05) is 0 Å². The summed E-state index contributed by atoms with van der Waals surface area (Å²) < 4.78 is 54.7. The Bertz CT molecular complexity index is 304. The predicted octanol–water partition coefficient (Wildman–Crippen LogP) is 2.47. The molecule has 0 spiro atoms. The molecule has 0 saturated carbocycles. The van der Waals surface area contributed by atoms with Gasteiger partial charge in [-0.2, -0.15) is 17.6 Å². The molecule has 0 rings (SSSR count). The molecule has 0 radical (unpaired) electrons. The smallest absolute Gasteiger partial charge is 0.415 e. The standard InChI is InChI=1S/C10H14F4O4/c1-2-3-4-5-6-18-8(17)10(13,14)9(11,12)7(15)16/h2-6H2,1H3,(H,15,16). The van der Waals surface area contributed by atoms with E-state index in [2.05, 4.69) is 4.74 Å². The summed E-state index contributed by atoms with van der Waals surface area (Å²) in [5.74, 6) is -16.4. The second-order valence-electron chi connectivity index (χ2n) is 3.65. The maximum Gasteiger partial charge on any atom is 0.415 e. The Morgan fingerprint density at radius 1 is 1.06 bits per heavy atom. The Morgan fingerprint density at radius 3 is 2.06 bits per heavy atom. The van der Waals surface area contributed by atoms with Crippen LogP contribution < -0.4 is 0 Å². The lowest BCUT2D eigenvalue weighted by Gasteiger charge is -2.20. The van der Waals surface area contributed by atoms with Crippen molar-refractivity contribution in [2.75, 3.05) is 6.61 Å². The van der Waals surface area contributed by atoms with E-state index in [0.29, 0.717) is 6.42 Å². The fourth-order valence-corrected chi connectivity index (χ4v) is 1.05. The number of ether oxygens (including phenoxy) is 1. The molecule has 8 heteroatoms. The molecule has 1 N–H and O–H groups in total. The summed E-state index contributed by atoms with van der Waals surface area (Å²) in [7, 11) is 0. The molecule has 0 aromatic heterocycles. The minimum absolute atomic E-state index is 0.258. The van der Waals surface area contributed by atoms with Crippen molar-refractivity contribution in [2.45, 2.75) is 44.5 Å². The van der Waals surface area contributed by atoms with Crippen LogP contribution in [-0.2, 0) is 14.3 Å². The van der Waals surface area contributed by atoms with Crippen molar-refractivity contribution in [3.63, 3.8) is 0 Å². The van der Waals surface area contributed by atoms with E-state index < -0.39 is 30.4 Å². The SMILES string of the molecule is CCCCCCOC(=O)C(F)(F)C(F)(F)C(=O)O. The average Bonchev–Trinajstić information content (AvgIpc) is 2.27. The molecule has 0 bridgehead atoms. The molecule has 4 nitrogen and oxygen atoms in total. The summed E-state index contributed by atoms with van der Waals surface area (Å²) >= 11 is 0. The van der Waals surface area contributed by atoms with Crippen LogP contribution in [0.3, 0.4) is 0 Å². The normalized spacial score (nSPS) is 12.3. The summed E-state index contributed by atoms with van der Waals surface area (Å²) in [5.41, 5.74) is 0. The maximum absolute atomic E-state index is 12.8. The van der Waals surface area contributed by atoms with Crippen LogP contribution in [0.1, 0.15) is 32.6 Å². The van der Waals surface area contributed by atoms with Crippen LogP contribution in [0.4, 0.5) is 17.6 Å². The van der Waals surface area contributed by atoms with Gasteiger partial charge in [0.15, 0.2) is 0 Å². The first-order valence-electron chi connectivity index (χ1n) is 5.34. The molecule has 0 amide bonds. The van der Waals surface area contributed by atoms with Crippen LogP contribution in [0, 0.1) is 0 Å². The van der Waals surface area contributed by atoms with E-state index in [0.717, 1.165) is 12.8 Å². The Labute approximate surface area is 101 Å². The van der Waals surface area contributed by atoms with E-state index in [9.17, 15) is 27.2 Å². The van der Waals surface area contributed by atoms with Gasteiger partial charge in [-0.1, -0.05) is 26.2 Å². The van der Waals surface area contributed by atoms with Gasteiger partial charge in [-0.05, 0) is 6.42 Å². The highest BCUT2D eigenvalue weighted by Crippen LogP contribution is 2.35. The molecular weight excluding hydrogens is 260 g/mol. The largest absolute Gasteiger partial charge is 0.477 e. The van der Waals surface area contributed by atoms with Crippen molar-refractivity contribution in [3.05, 3.63) is 0 Å². The van der Waals surface area contributed by atoms with Crippen molar-refractivity contribution < 1.29 is 37.0 Å².